The standard InChI is InChI=1S/C10H10F5N/c1-2-16-9(10(13,14)15)6-3-4-7(11)8(12)5-6/h3-5,9,16H,2H2,1H3/t9-/m1/s1. The van der Waals surface area contributed by atoms with Gasteiger partial charge in [-0.25, -0.2) is 8.78 Å². The first-order chi connectivity index (χ1) is 7.36. The van der Waals surface area contributed by atoms with Crippen molar-refractivity contribution < 1.29 is 22.0 Å². The molecule has 1 aromatic rings. The molecule has 0 unspecified atom stereocenters. The molecule has 0 aromatic heterocycles. The van der Waals surface area contributed by atoms with Crippen molar-refractivity contribution in [2.24, 2.45) is 0 Å². The molecule has 6 heteroatoms. The van der Waals surface area contributed by atoms with Crippen molar-refractivity contribution in [1.82, 2.24) is 5.32 Å². The zero-order chi connectivity index (χ0) is 12.3. The summed E-state index contributed by atoms with van der Waals surface area (Å²) in [5, 5.41) is 2.17. The van der Waals surface area contributed by atoms with Crippen LogP contribution in [0.3, 0.4) is 0 Å². The van der Waals surface area contributed by atoms with E-state index in [1.807, 2.05) is 0 Å². The molecule has 0 amide bonds. The lowest BCUT2D eigenvalue weighted by atomic mass is 10.1. The Morgan fingerprint density at radius 2 is 1.81 bits per heavy atom. The highest BCUT2D eigenvalue weighted by Gasteiger charge is 2.40. The normalized spacial score (nSPS) is 13.9. The lowest BCUT2D eigenvalue weighted by Gasteiger charge is -2.21. The van der Waals surface area contributed by atoms with Crippen LogP contribution in [0.2, 0.25) is 0 Å². The quantitative estimate of drug-likeness (QED) is 0.799. The van der Waals surface area contributed by atoms with Crippen LogP contribution in [0, 0.1) is 11.6 Å². The van der Waals surface area contributed by atoms with E-state index >= 15 is 0 Å². The van der Waals surface area contributed by atoms with E-state index in [1.165, 1.54) is 6.92 Å². The van der Waals surface area contributed by atoms with Crippen LogP contribution >= 0.6 is 0 Å². The van der Waals surface area contributed by atoms with Crippen LogP contribution in [0.5, 0.6) is 0 Å². The molecule has 0 aliphatic carbocycles. The third-order valence-electron chi connectivity index (χ3n) is 2.01. The fraction of sp³-hybridized carbons (Fsp3) is 0.400. The van der Waals surface area contributed by atoms with E-state index < -0.39 is 23.9 Å². The first-order valence-electron chi connectivity index (χ1n) is 4.61. The number of hydrogen-bond donors (Lipinski definition) is 1. The average molecular weight is 239 g/mol. The summed E-state index contributed by atoms with van der Waals surface area (Å²) in [5.74, 6) is -2.45. The molecule has 0 radical (unpaired) electrons. The highest BCUT2D eigenvalue weighted by atomic mass is 19.4. The van der Waals surface area contributed by atoms with Crippen molar-refractivity contribution in [2.45, 2.75) is 19.1 Å². The number of halogens is 5. The molecule has 1 nitrogen and oxygen atoms in total. The smallest absolute Gasteiger partial charge is 0.303 e. The molecule has 0 aliphatic heterocycles. The summed E-state index contributed by atoms with van der Waals surface area (Å²) in [5.41, 5.74) is -0.340. The number of alkyl halides is 3. The third-order valence-corrected chi connectivity index (χ3v) is 2.01. The Morgan fingerprint density at radius 3 is 2.25 bits per heavy atom. The number of rotatable bonds is 3. The van der Waals surface area contributed by atoms with Gasteiger partial charge in [-0.3, -0.25) is 0 Å². The second-order valence-electron chi connectivity index (χ2n) is 3.21. The van der Waals surface area contributed by atoms with E-state index in [9.17, 15) is 22.0 Å². The van der Waals surface area contributed by atoms with Crippen LogP contribution in [-0.2, 0) is 0 Å². The van der Waals surface area contributed by atoms with Gasteiger partial charge in [0.05, 0.1) is 0 Å². The SMILES string of the molecule is CCN[C@H](c1ccc(F)c(F)c1)C(F)(F)F. The molecule has 1 atom stereocenters. The van der Waals surface area contributed by atoms with E-state index in [4.69, 9.17) is 0 Å². The molecule has 0 fully saturated rings. The van der Waals surface area contributed by atoms with Crippen molar-refractivity contribution in [2.75, 3.05) is 6.54 Å². The first kappa shape index (κ1) is 12.9. The zero-order valence-corrected chi connectivity index (χ0v) is 8.41. The highest BCUT2D eigenvalue weighted by molar-refractivity contribution is 5.22. The fourth-order valence-electron chi connectivity index (χ4n) is 1.32. The molecule has 0 bridgehead atoms. The summed E-state index contributed by atoms with van der Waals surface area (Å²) in [7, 11) is 0. The molecule has 1 N–H and O–H groups in total. The Bertz CT molecular complexity index is 361. The minimum absolute atomic E-state index is 0.0726. The highest BCUT2D eigenvalue weighted by Crippen LogP contribution is 2.32. The Balaban J connectivity index is 3.06. The maximum Gasteiger partial charge on any atom is 0.407 e. The molecule has 1 rings (SSSR count). The molecule has 16 heavy (non-hydrogen) atoms. The zero-order valence-electron chi connectivity index (χ0n) is 8.41. The second-order valence-corrected chi connectivity index (χ2v) is 3.21. The first-order valence-corrected chi connectivity index (χ1v) is 4.61. The summed E-state index contributed by atoms with van der Waals surface area (Å²) >= 11 is 0. The van der Waals surface area contributed by atoms with Crippen molar-refractivity contribution >= 4 is 0 Å². The predicted octanol–water partition coefficient (Wildman–Crippen LogP) is 3.18. The van der Waals surface area contributed by atoms with Gasteiger partial charge >= 0.3 is 6.18 Å². The monoisotopic (exact) mass is 239 g/mol. The summed E-state index contributed by atoms with van der Waals surface area (Å²) in [6.07, 6.45) is -4.54. The van der Waals surface area contributed by atoms with Gasteiger partial charge in [-0.15, -0.1) is 0 Å². The average Bonchev–Trinajstić information content (AvgIpc) is 2.17. The second kappa shape index (κ2) is 4.78. The largest absolute Gasteiger partial charge is 0.407 e. The molecule has 0 saturated heterocycles. The van der Waals surface area contributed by atoms with E-state index in [0.29, 0.717) is 12.1 Å². The number of hydrogen-bond acceptors (Lipinski definition) is 1. The maximum atomic E-state index is 12.8. The molecule has 0 heterocycles. The van der Waals surface area contributed by atoms with Crippen LogP contribution in [0.25, 0.3) is 0 Å². The van der Waals surface area contributed by atoms with Gasteiger partial charge in [0.15, 0.2) is 11.6 Å². The van der Waals surface area contributed by atoms with Gasteiger partial charge in [-0.05, 0) is 24.2 Å². The van der Waals surface area contributed by atoms with Crippen molar-refractivity contribution in [3.63, 3.8) is 0 Å². The Kier molecular flexibility index (Phi) is 3.85. The van der Waals surface area contributed by atoms with E-state index in [1.54, 1.807) is 0 Å². The third kappa shape index (κ3) is 2.91. The lowest BCUT2D eigenvalue weighted by Crippen LogP contribution is -2.34. The maximum absolute atomic E-state index is 12.8. The van der Waals surface area contributed by atoms with Gasteiger partial charge in [0.2, 0.25) is 0 Å². The Morgan fingerprint density at radius 1 is 1.19 bits per heavy atom. The van der Waals surface area contributed by atoms with E-state index in [0.717, 1.165) is 6.07 Å². The van der Waals surface area contributed by atoms with Crippen LogP contribution in [0.1, 0.15) is 18.5 Å². The van der Waals surface area contributed by atoms with Gasteiger partial charge in [-0.2, -0.15) is 13.2 Å². The Labute approximate surface area is 89.3 Å². The van der Waals surface area contributed by atoms with Crippen molar-refractivity contribution in [3.8, 4) is 0 Å². The molecular weight excluding hydrogens is 229 g/mol. The predicted molar refractivity (Wildman–Crippen MR) is 48.8 cm³/mol. The summed E-state index contributed by atoms with van der Waals surface area (Å²) in [6, 6.07) is 0.170. The lowest BCUT2D eigenvalue weighted by molar-refractivity contribution is -0.157. The van der Waals surface area contributed by atoms with Crippen molar-refractivity contribution in [1.29, 1.82) is 0 Å². The van der Waals surface area contributed by atoms with Crippen LogP contribution in [-0.4, -0.2) is 12.7 Å². The van der Waals surface area contributed by atoms with Gasteiger partial charge < -0.3 is 5.32 Å². The Hall–Kier alpha value is -1.17. The summed E-state index contributed by atoms with van der Waals surface area (Å²) < 4.78 is 63.0. The minimum Gasteiger partial charge on any atom is -0.303 e. The molecule has 0 aliphatic rings. The molecular formula is C10H10F5N. The molecule has 0 spiro atoms. The van der Waals surface area contributed by atoms with Crippen LogP contribution in [0.4, 0.5) is 22.0 Å². The fourth-order valence-corrected chi connectivity index (χ4v) is 1.32. The van der Waals surface area contributed by atoms with Gasteiger partial charge in [0.1, 0.15) is 6.04 Å². The van der Waals surface area contributed by atoms with E-state index in [2.05, 4.69) is 5.32 Å². The number of benzene rings is 1. The molecule has 90 valence electrons. The van der Waals surface area contributed by atoms with Gasteiger partial charge in [-0.1, -0.05) is 13.0 Å². The van der Waals surface area contributed by atoms with Crippen molar-refractivity contribution in [3.05, 3.63) is 35.4 Å². The molecule has 0 saturated carbocycles. The minimum atomic E-state index is -4.54. The number of nitrogens with one attached hydrogen (secondary N) is 1. The van der Waals surface area contributed by atoms with Crippen LogP contribution < -0.4 is 5.32 Å². The molecule has 1 aromatic carbocycles. The topological polar surface area (TPSA) is 12.0 Å². The van der Waals surface area contributed by atoms with Crippen LogP contribution in [0.15, 0.2) is 18.2 Å². The summed E-state index contributed by atoms with van der Waals surface area (Å²) in [4.78, 5) is 0. The van der Waals surface area contributed by atoms with Gasteiger partial charge in [0, 0.05) is 0 Å². The van der Waals surface area contributed by atoms with E-state index in [-0.39, 0.29) is 12.1 Å². The van der Waals surface area contributed by atoms with Gasteiger partial charge in [0.25, 0.3) is 0 Å². The summed E-state index contributed by atoms with van der Waals surface area (Å²) in [6.45, 7) is 1.57.